The van der Waals surface area contributed by atoms with Gasteiger partial charge in [-0.2, -0.15) is 0 Å². The average molecular weight is 446 g/mol. The number of nitrogens with zero attached hydrogens (tertiary/aromatic N) is 4. The van der Waals surface area contributed by atoms with E-state index < -0.39 is 17.1 Å². The molecule has 1 fully saturated rings. The number of amides is 3. The van der Waals surface area contributed by atoms with Crippen LogP contribution in [0.3, 0.4) is 0 Å². The summed E-state index contributed by atoms with van der Waals surface area (Å²) in [6, 6.07) is 12.9. The summed E-state index contributed by atoms with van der Waals surface area (Å²) in [7, 11) is 0. The fourth-order valence-electron chi connectivity index (χ4n) is 3.12. The lowest BCUT2D eigenvalue weighted by atomic mass is 10.2. The van der Waals surface area contributed by atoms with Crippen molar-refractivity contribution >= 4 is 35.3 Å². The number of carbonyl (C=O) groups excluding carboxylic acids is 2. The first kappa shape index (κ1) is 20.4. The minimum absolute atomic E-state index is 0.235. The van der Waals surface area contributed by atoms with Crippen LogP contribution in [0.2, 0.25) is 5.02 Å². The van der Waals surface area contributed by atoms with E-state index in [1.165, 1.54) is 10.6 Å². The molecule has 1 unspecified atom stereocenters. The predicted molar refractivity (Wildman–Crippen MR) is 112 cm³/mol. The fraction of sp³-hybridized carbons (Fsp3) is 0.200. The number of aromatic nitrogens is 3. The number of nitrogens with one attached hydrogen (secondary N) is 1. The van der Waals surface area contributed by atoms with Crippen LogP contribution in [-0.4, -0.2) is 49.9 Å². The monoisotopic (exact) mass is 445 g/mol. The Bertz CT molecular complexity index is 1120. The van der Waals surface area contributed by atoms with Crippen LogP contribution in [0, 0.1) is 5.82 Å². The topological polar surface area (TPSA) is 80.1 Å². The van der Waals surface area contributed by atoms with Gasteiger partial charge < -0.3 is 5.32 Å². The van der Waals surface area contributed by atoms with Gasteiger partial charge in [-0.25, -0.2) is 9.18 Å². The van der Waals surface area contributed by atoms with Crippen LogP contribution in [0.25, 0.3) is 17.1 Å². The molecule has 30 heavy (non-hydrogen) atoms. The number of thioether (sulfide) groups is 1. The van der Waals surface area contributed by atoms with E-state index in [2.05, 4.69) is 15.5 Å². The molecule has 1 aliphatic rings. The molecule has 0 saturated carbocycles. The minimum Gasteiger partial charge on any atom is -0.336 e. The van der Waals surface area contributed by atoms with E-state index in [-0.39, 0.29) is 11.6 Å². The van der Waals surface area contributed by atoms with Crippen LogP contribution in [0.4, 0.5) is 9.18 Å². The molecule has 2 heterocycles. The van der Waals surface area contributed by atoms with E-state index in [1.807, 2.05) is 0 Å². The number of benzene rings is 2. The van der Waals surface area contributed by atoms with Crippen LogP contribution in [0.15, 0.2) is 53.7 Å². The van der Waals surface area contributed by atoms with Crippen LogP contribution < -0.4 is 5.32 Å². The smallest absolute Gasteiger partial charge is 0.324 e. The third-order valence-electron chi connectivity index (χ3n) is 4.59. The molecule has 1 N–H and O–H groups in total. The molecule has 3 amide bonds. The number of imide groups is 1. The molecule has 0 spiro atoms. The summed E-state index contributed by atoms with van der Waals surface area (Å²) in [4.78, 5) is 25.7. The maximum Gasteiger partial charge on any atom is 0.324 e. The third kappa shape index (κ3) is 3.78. The van der Waals surface area contributed by atoms with E-state index in [0.29, 0.717) is 34.7 Å². The van der Waals surface area contributed by atoms with Gasteiger partial charge in [-0.3, -0.25) is 14.3 Å². The molecular formula is C20H17ClFN5O2S. The lowest BCUT2D eigenvalue weighted by molar-refractivity contribution is -0.126. The van der Waals surface area contributed by atoms with Gasteiger partial charge in [-0.15, -0.1) is 10.2 Å². The number of urea groups is 1. The molecule has 154 valence electrons. The van der Waals surface area contributed by atoms with Crippen molar-refractivity contribution in [1.82, 2.24) is 25.0 Å². The molecule has 7 nitrogen and oxygen atoms in total. The minimum atomic E-state index is -0.636. The van der Waals surface area contributed by atoms with Gasteiger partial charge in [0.15, 0.2) is 11.0 Å². The highest BCUT2D eigenvalue weighted by atomic mass is 35.5. The highest BCUT2D eigenvalue weighted by molar-refractivity contribution is 8.00. The zero-order chi connectivity index (χ0) is 21.3. The quantitative estimate of drug-likeness (QED) is 0.605. The maximum absolute atomic E-state index is 14.7. The second-order valence-electron chi connectivity index (χ2n) is 6.55. The highest BCUT2D eigenvalue weighted by Gasteiger charge is 2.32. The Morgan fingerprint density at radius 2 is 1.93 bits per heavy atom. The van der Waals surface area contributed by atoms with E-state index in [4.69, 9.17) is 11.6 Å². The first-order valence-electron chi connectivity index (χ1n) is 9.18. The summed E-state index contributed by atoms with van der Waals surface area (Å²) in [6.07, 6.45) is 0. The Morgan fingerprint density at radius 1 is 1.20 bits per heavy atom. The molecule has 3 aromatic rings. The first-order valence-corrected chi connectivity index (χ1v) is 10.4. The van der Waals surface area contributed by atoms with Crippen molar-refractivity contribution < 1.29 is 14.0 Å². The van der Waals surface area contributed by atoms with Crippen molar-refractivity contribution in [2.45, 2.75) is 17.3 Å². The van der Waals surface area contributed by atoms with Crippen LogP contribution in [0.1, 0.15) is 6.92 Å². The molecule has 0 radical (unpaired) electrons. The zero-order valence-corrected chi connectivity index (χ0v) is 17.5. The molecule has 0 aliphatic carbocycles. The summed E-state index contributed by atoms with van der Waals surface area (Å²) in [5.41, 5.74) is 0.818. The standard InChI is InChI=1S/C20H17ClFN5O2S/c1-12(18(28)26-11-10-23-19(26)29)30-20-25-24-17(13-6-2-3-7-14(13)21)27(20)16-9-5-4-8-15(16)22/h2-9,12H,10-11H2,1H3,(H,23,29). The number of para-hydroxylation sites is 1. The lowest BCUT2D eigenvalue weighted by Crippen LogP contribution is -2.39. The van der Waals surface area contributed by atoms with Crippen molar-refractivity contribution in [3.05, 3.63) is 59.4 Å². The molecule has 1 aromatic heterocycles. The fourth-order valence-corrected chi connectivity index (χ4v) is 4.27. The van der Waals surface area contributed by atoms with Gasteiger partial charge in [0.2, 0.25) is 5.91 Å². The second kappa shape index (κ2) is 8.45. The summed E-state index contributed by atoms with van der Waals surface area (Å²) < 4.78 is 16.2. The largest absolute Gasteiger partial charge is 0.336 e. The Kier molecular flexibility index (Phi) is 5.74. The number of hydrogen-bond acceptors (Lipinski definition) is 5. The lowest BCUT2D eigenvalue weighted by Gasteiger charge is -2.18. The number of halogens is 2. The Labute approximate surface area is 181 Å². The molecule has 0 bridgehead atoms. The van der Waals surface area contributed by atoms with Crippen LogP contribution in [0.5, 0.6) is 0 Å². The van der Waals surface area contributed by atoms with Gasteiger partial charge in [0.05, 0.1) is 16.0 Å². The molecule has 1 saturated heterocycles. The van der Waals surface area contributed by atoms with Crippen molar-refractivity contribution in [3.8, 4) is 17.1 Å². The van der Waals surface area contributed by atoms with E-state index in [0.717, 1.165) is 16.7 Å². The average Bonchev–Trinajstić information content (AvgIpc) is 3.34. The summed E-state index contributed by atoms with van der Waals surface area (Å²) >= 11 is 7.44. The normalized spacial score (nSPS) is 14.6. The number of rotatable bonds is 5. The van der Waals surface area contributed by atoms with Crippen molar-refractivity contribution in [2.75, 3.05) is 13.1 Å². The van der Waals surface area contributed by atoms with Gasteiger partial charge >= 0.3 is 6.03 Å². The van der Waals surface area contributed by atoms with Crippen molar-refractivity contribution in [1.29, 1.82) is 0 Å². The van der Waals surface area contributed by atoms with Gasteiger partial charge in [-0.1, -0.05) is 47.6 Å². The van der Waals surface area contributed by atoms with Gasteiger partial charge in [0, 0.05) is 18.7 Å². The molecule has 1 atom stereocenters. The van der Waals surface area contributed by atoms with Crippen LogP contribution >= 0.6 is 23.4 Å². The summed E-state index contributed by atoms with van der Waals surface area (Å²) in [5.74, 6) is -0.463. The molecule has 10 heteroatoms. The summed E-state index contributed by atoms with van der Waals surface area (Å²) in [5, 5.41) is 11.2. The van der Waals surface area contributed by atoms with Gasteiger partial charge in [0.25, 0.3) is 0 Å². The number of carbonyl (C=O) groups is 2. The maximum atomic E-state index is 14.7. The Morgan fingerprint density at radius 3 is 2.63 bits per heavy atom. The van der Waals surface area contributed by atoms with Crippen molar-refractivity contribution in [2.24, 2.45) is 0 Å². The van der Waals surface area contributed by atoms with E-state index in [1.54, 1.807) is 49.4 Å². The van der Waals surface area contributed by atoms with E-state index in [9.17, 15) is 14.0 Å². The van der Waals surface area contributed by atoms with Gasteiger partial charge in [0.1, 0.15) is 5.82 Å². The first-order chi connectivity index (χ1) is 14.5. The molecular weight excluding hydrogens is 429 g/mol. The Hall–Kier alpha value is -2.91. The SMILES string of the molecule is CC(Sc1nnc(-c2ccccc2Cl)n1-c1ccccc1F)C(=O)N1CCNC1=O. The van der Waals surface area contributed by atoms with Crippen LogP contribution in [-0.2, 0) is 4.79 Å². The highest BCUT2D eigenvalue weighted by Crippen LogP contribution is 2.34. The molecule has 2 aromatic carbocycles. The predicted octanol–water partition coefficient (Wildman–Crippen LogP) is 3.76. The Balaban J connectivity index is 1.75. The number of hydrogen-bond donors (Lipinski definition) is 1. The molecule has 4 rings (SSSR count). The zero-order valence-electron chi connectivity index (χ0n) is 15.9. The second-order valence-corrected chi connectivity index (χ2v) is 8.27. The summed E-state index contributed by atoms with van der Waals surface area (Å²) in [6.45, 7) is 2.41. The van der Waals surface area contributed by atoms with Gasteiger partial charge in [-0.05, 0) is 31.2 Å². The van der Waals surface area contributed by atoms with Crippen molar-refractivity contribution in [3.63, 3.8) is 0 Å². The molecule has 1 aliphatic heterocycles. The van der Waals surface area contributed by atoms with E-state index >= 15 is 0 Å². The third-order valence-corrected chi connectivity index (χ3v) is 5.95.